The third-order valence-electron chi connectivity index (χ3n) is 3.26. The summed E-state index contributed by atoms with van der Waals surface area (Å²) in [5, 5.41) is 8.14. The number of carboxylic acids is 1. The van der Waals surface area contributed by atoms with E-state index in [1.165, 1.54) is 18.6 Å². The van der Waals surface area contributed by atoms with E-state index in [1.54, 1.807) is 0 Å². The number of aliphatic carboxylic acids is 1. The highest BCUT2D eigenvalue weighted by molar-refractivity contribution is 8.01. The number of hydrogen-bond acceptors (Lipinski definition) is 5. The van der Waals surface area contributed by atoms with Crippen LogP contribution in [-0.2, 0) is 19.6 Å². The zero-order chi connectivity index (χ0) is 16.4. The van der Waals surface area contributed by atoms with Crippen molar-refractivity contribution in [2.75, 3.05) is 0 Å². The number of alkyl halides is 3. The standard InChI is InChI=1S/C9H11F3N2O5S2/c1-8(2)4(7(16)17)14-5(15)3(6(14)20-8)13-21(18,19)9(10,11)12/h3-4,6,13H,1-2H3,(H,16,17)/t3-,4+,6-/m1/s1. The molecule has 2 rings (SSSR count). The second kappa shape index (κ2) is 4.49. The highest BCUT2D eigenvalue weighted by Crippen LogP contribution is 2.51. The number of carboxylic acid groups (broad SMARTS) is 1. The maximum atomic E-state index is 12.3. The van der Waals surface area contributed by atoms with Gasteiger partial charge in [-0.2, -0.15) is 17.9 Å². The number of fused-ring (bicyclic) bond motifs is 1. The summed E-state index contributed by atoms with van der Waals surface area (Å²) in [4.78, 5) is 23.9. The fraction of sp³-hybridized carbons (Fsp3) is 0.778. The van der Waals surface area contributed by atoms with Crippen molar-refractivity contribution >= 4 is 33.7 Å². The maximum Gasteiger partial charge on any atom is 0.511 e. The predicted molar refractivity (Wildman–Crippen MR) is 65.6 cm³/mol. The topological polar surface area (TPSA) is 104 Å². The molecule has 120 valence electrons. The van der Waals surface area contributed by atoms with Gasteiger partial charge in [0.2, 0.25) is 5.91 Å². The molecule has 0 aromatic carbocycles. The van der Waals surface area contributed by atoms with Crippen LogP contribution in [-0.4, -0.2) is 58.0 Å². The van der Waals surface area contributed by atoms with Crippen molar-refractivity contribution in [1.82, 2.24) is 9.62 Å². The number of carbonyl (C=O) groups excluding carboxylic acids is 1. The molecule has 2 fully saturated rings. The van der Waals surface area contributed by atoms with Crippen molar-refractivity contribution in [1.29, 1.82) is 0 Å². The molecular weight excluding hydrogens is 337 g/mol. The summed E-state index contributed by atoms with van der Waals surface area (Å²) in [5.74, 6) is -2.27. The van der Waals surface area contributed by atoms with Gasteiger partial charge in [-0.1, -0.05) is 0 Å². The zero-order valence-corrected chi connectivity index (χ0v) is 12.3. The van der Waals surface area contributed by atoms with Gasteiger partial charge in [-0.3, -0.25) is 4.79 Å². The minimum absolute atomic E-state index is 0.899. The average molecular weight is 348 g/mol. The number of halogens is 3. The van der Waals surface area contributed by atoms with Gasteiger partial charge < -0.3 is 10.0 Å². The third-order valence-corrected chi connectivity index (χ3v) is 6.01. The summed E-state index contributed by atoms with van der Waals surface area (Å²) in [7, 11) is -5.66. The third kappa shape index (κ3) is 2.38. The van der Waals surface area contributed by atoms with Crippen LogP contribution in [0.15, 0.2) is 0 Å². The summed E-state index contributed by atoms with van der Waals surface area (Å²) < 4.78 is 59.3. The molecule has 0 aromatic heterocycles. The second-order valence-electron chi connectivity index (χ2n) is 5.14. The number of nitrogens with zero attached hydrogens (tertiary/aromatic N) is 1. The van der Waals surface area contributed by atoms with Crippen LogP contribution in [0, 0.1) is 0 Å². The normalized spacial score (nSPS) is 31.8. The van der Waals surface area contributed by atoms with Crippen LogP contribution in [0.3, 0.4) is 0 Å². The molecule has 2 aliphatic rings. The van der Waals surface area contributed by atoms with E-state index in [2.05, 4.69) is 0 Å². The van der Waals surface area contributed by atoms with Gasteiger partial charge in [0.25, 0.3) is 0 Å². The van der Waals surface area contributed by atoms with Gasteiger partial charge in [-0.05, 0) is 13.8 Å². The summed E-state index contributed by atoms with van der Waals surface area (Å²) in [5.41, 5.74) is -5.53. The fourth-order valence-corrected chi connectivity index (χ4v) is 4.76. The molecule has 0 spiro atoms. The first-order valence-electron chi connectivity index (χ1n) is 5.61. The Kier molecular flexibility index (Phi) is 3.50. The Morgan fingerprint density at radius 1 is 1.43 bits per heavy atom. The molecule has 0 aromatic rings. The van der Waals surface area contributed by atoms with Crippen LogP contribution < -0.4 is 4.72 Å². The molecule has 3 atom stereocenters. The van der Waals surface area contributed by atoms with Crippen LogP contribution in [0.25, 0.3) is 0 Å². The van der Waals surface area contributed by atoms with Gasteiger partial charge in [0.15, 0.2) is 0 Å². The van der Waals surface area contributed by atoms with E-state index in [9.17, 15) is 31.2 Å². The molecule has 0 bridgehead atoms. The van der Waals surface area contributed by atoms with E-state index in [4.69, 9.17) is 5.11 Å². The lowest BCUT2D eigenvalue weighted by atomic mass is 9.96. The number of amides is 1. The van der Waals surface area contributed by atoms with Crippen LogP contribution >= 0.6 is 11.8 Å². The van der Waals surface area contributed by atoms with Crippen molar-refractivity contribution in [2.24, 2.45) is 0 Å². The molecule has 2 heterocycles. The number of sulfonamides is 1. The molecule has 1 amide bonds. The molecule has 0 unspecified atom stereocenters. The average Bonchev–Trinajstić information content (AvgIpc) is 2.53. The van der Waals surface area contributed by atoms with Gasteiger partial charge in [0.1, 0.15) is 17.5 Å². The summed E-state index contributed by atoms with van der Waals surface area (Å²) in [6.07, 6.45) is 0. The molecule has 2 N–H and O–H groups in total. The SMILES string of the molecule is CC1(C)S[C@@H]2[C@H](NS(=O)(=O)C(F)(F)F)C(=O)N2[C@H]1C(=O)O. The Hall–Kier alpha value is -1.01. The molecule has 0 radical (unpaired) electrons. The Balaban J connectivity index is 2.23. The van der Waals surface area contributed by atoms with Crippen molar-refractivity contribution in [2.45, 2.75) is 41.6 Å². The summed E-state index contributed by atoms with van der Waals surface area (Å²) in [6.45, 7) is 3.05. The number of hydrogen-bond donors (Lipinski definition) is 2. The van der Waals surface area contributed by atoms with Crippen LogP contribution in [0.4, 0.5) is 13.2 Å². The Morgan fingerprint density at radius 3 is 2.38 bits per heavy atom. The first-order chi connectivity index (χ1) is 9.29. The minimum Gasteiger partial charge on any atom is -0.480 e. The molecule has 21 heavy (non-hydrogen) atoms. The van der Waals surface area contributed by atoms with Crippen LogP contribution in [0.2, 0.25) is 0 Å². The van der Waals surface area contributed by atoms with E-state index in [-0.39, 0.29) is 0 Å². The van der Waals surface area contributed by atoms with Gasteiger partial charge in [0, 0.05) is 4.75 Å². The monoisotopic (exact) mass is 348 g/mol. The van der Waals surface area contributed by atoms with Crippen molar-refractivity contribution < 1.29 is 36.3 Å². The van der Waals surface area contributed by atoms with Gasteiger partial charge >= 0.3 is 21.5 Å². The Labute approximate surface area is 121 Å². The van der Waals surface area contributed by atoms with Crippen LogP contribution in [0.5, 0.6) is 0 Å². The van der Waals surface area contributed by atoms with Crippen molar-refractivity contribution in [3.8, 4) is 0 Å². The minimum atomic E-state index is -5.66. The van der Waals surface area contributed by atoms with Gasteiger partial charge in [0.05, 0.1) is 0 Å². The van der Waals surface area contributed by atoms with Gasteiger partial charge in [-0.25, -0.2) is 13.2 Å². The van der Waals surface area contributed by atoms with E-state index in [1.807, 2.05) is 0 Å². The molecule has 0 aliphatic carbocycles. The summed E-state index contributed by atoms with van der Waals surface area (Å²) in [6, 6.07) is -2.82. The number of nitrogens with one attached hydrogen (secondary N) is 1. The van der Waals surface area contributed by atoms with Gasteiger partial charge in [-0.15, -0.1) is 11.8 Å². The zero-order valence-electron chi connectivity index (χ0n) is 10.7. The largest absolute Gasteiger partial charge is 0.511 e. The number of rotatable bonds is 3. The van der Waals surface area contributed by atoms with E-state index >= 15 is 0 Å². The van der Waals surface area contributed by atoms with E-state index in [0.29, 0.717) is 0 Å². The predicted octanol–water partition coefficient (Wildman–Crippen LogP) is -0.0589. The second-order valence-corrected chi connectivity index (χ2v) is 8.62. The molecule has 2 saturated heterocycles. The lowest BCUT2D eigenvalue weighted by molar-refractivity contribution is -0.159. The molecule has 7 nitrogen and oxygen atoms in total. The highest BCUT2D eigenvalue weighted by Gasteiger charge is 2.65. The van der Waals surface area contributed by atoms with E-state index < -0.39 is 49.6 Å². The smallest absolute Gasteiger partial charge is 0.480 e. The number of carbonyl (C=O) groups is 2. The van der Waals surface area contributed by atoms with Crippen molar-refractivity contribution in [3.63, 3.8) is 0 Å². The highest BCUT2D eigenvalue weighted by atomic mass is 32.2. The summed E-state index contributed by atoms with van der Waals surface area (Å²) >= 11 is 0.947. The quantitative estimate of drug-likeness (QED) is 0.693. The van der Waals surface area contributed by atoms with E-state index in [0.717, 1.165) is 16.7 Å². The molecular formula is C9H11F3N2O5S2. The first kappa shape index (κ1) is 16.4. The molecule has 0 saturated carbocycles. The lowest BCUT2D eigenvalue weighted by Gasteiger charge is -2.43. The van der Waals surface area contributed by atoms with Crippen molar-refractivity contribution in [3.05, 3.63) is 0 Å². The first-order valence-corrected chi connectivity index (χ1v) is 7.97. The molecule has 12 heteroatoms. The van der Waals surface area contributed by atoms with Crippen LogP contribution in [0.1, 0.15) is 13.8 Å². The molecule has 2 aliphatic heterocycles. The fourth-order valence-electron chi connectivity index (χ4n) is 2.35. The maximum absolute atomic E-state index is 12.3. The lowest BCUT2D eigenvalue weighted by Crippen LogP contribution is -2.71. The number of thioether (sulfide) groups is 1. The Bertz CT molecular complexity index is 603. The Morgan fingerprint density at radius 2 is 1.95 bits per heavy atom. The number of β-lactam (4-membered cyclic amide) rings is 1.